The summed E-state index contributed by atoms with van der Waals surface area (Å²) in [6, 6.07) is -0.474. The Hall–Kier alpha value is -1.85. The Kier molecular flexibility index (Phi) is 5.35. The number of piperazine rings is 1. The van der Waals surface area contributed by atoms with Gasteiger partial charge in [0.25, 0.3) is 5.91 Å². The molecule has 18 heavy (non-hydrogen) atoms. The third-order valence-electron chi connectivity index (χ3n) is 2.71. The number of nitrogens with one attached hydrogen (secondary N) is 3. The normalized spacial score (nSPS) is 21.4. The molecule has 0 saturated carbocycles. The molecule has 1 saturated heterocycles. The lowest BCUT2D eigenvalue weighted by molar-refractivity contribution is -0.131. The zero-order chi connectivity index (χ0) is 13.5. The van der Waals surface area contributed by atoms with E-state index in [9.17, 15) is 14.4 Å². The number of hydrogen-bond donors (Lipinski definition) is 3. The Labute approximate surface area is 106 Å². The highest BCUT2D eigenvalue weighted by molar-refractivity contribution is 6.04. The van der Waals surface area contributed by atoms with Crippen molar-refractivity contribution in [1.29, 1.82) is 0 Å². The van der Waals surface area contributed by atoms with E-state index in [4.69, 9.17) is 0 Å². The fourth-order valence-corrected chi connectivity index (χ4v) is 1.72. The van der Waals surface area contributed by atoms with E-state index < -0.39 is 6.04 Å². The van der Waals surface area contributed by atoms with E-state index in [1.54, 1.807) is 13.0 Å². The zero-order valence-corrected chi connectivity index (χ0v) is 10.7. The van der Waals surface area contributed by atoms with Gasteiger partial charge in [0.1, 0.15) is 11.7 Å². The first-order valence-electron chi connectivity index (χ1n) is 6.07. The molecule has 3 N–H and O–H groups in total. The van der Waals surface area contributed by atoms with Crippen LogP contribution in [0.15, 0.2) is 11.8 Å². The molecule has 0 aromatic carbocycles. The standard InChI is InChI=1S/C12H19N3O3/c1-3-9-11(17)15-10(12(18)14-9)6-4-5-7-13-8(2)16/h3,10H,4-7H2,1-2H3,(H,13,16)(H,14,18)(H,15,17)/b9-3-/t10-/m0/s1. The quantitative estimate of drug-likeness (QED) is 0.469. The smallest absolute Gasteiger partial charge is 0.268 e. The molecule has 6 heteroatoms. The molecule has 100 valence electrons. The summed E-state index contributed by atoms with van der Waals surface area (Å²) < 4.78 is 0. The average Bonchev–Trinajstić information content (AvgIpc) is 2.32. The zero-order valence-electron chi connectivity index (χ0n) is 10.7. The molecule has 3 amide bonds. The van der Waals surface area contributed by atoms with Crippen molar-refractivity contribution >= 4 is 17.7 Å². The van der Waals surface area contributed by atoms with Gasteiger partial charge in [0, 0.05) is 13.5 Å². The van der Waals surface area contributed by atoms with Gasteiger partial charge >= 0.3 is 0 Å². The molecule has 6 nitrogen and oxygen atoms in total. The Morgan fingerprint density at radius 1 is 1.39 bits per heavy atom. The van der Waals surface area contributed by atoms with Gasteiger partial charge in [-0.15, -0.1) is 0 Å². The van der Waals surface area contributed by atoms with Crippen LogP contribution in [0.25, 0.3) is 0 Å². The monoisotopic (exact) mass is 253 g/mol. The van der Waals surface area contributed by atoms with Crippen molar-refractivity contribution in [3.05, 3.63) is 11.8 Å². The number of carbonyl (C=O) groups is 3. The maximum absolute atomic E-state index is 11.6. The second kappa shape index (κ2) is 6.78. The fraction of sp³-hybridized carbons (Fsp3) is 0.583. The minimum Gasteiger partial charge on any atom is -0.356 e. The van der Waals surface area contributed by atoms with E-state index >= 15 is 0 Å². The lowest BCUT2D eigenvalue weighted by atomic mass is 10.1. The van der Waals surface area contributed by atoms with Crippen molar-refractivity contribution < 1.29 is 14.4 Å². The van der Waals surface area contributed by atoms with Crippen LogP contribution in [-0.4, -0.2) is 30.3 Å². The molecule has 1 rings (SSSR count). The SMILES string of the molecule is C/C=C1\NC(=O)[C@H](CCCCNC(C)=O)NC1=O. The van der Waals surface area contributed by atoms with Gasteiger partial charge in [-0.25, -0.2) is 0 Å². The van der Waals surface area contributed by atoms with Crippen LogP contribution in [0.3, 0.4) is 0 Å². The van der Waals surface area contributed by atoms with E-state index in [1.807, 2.05) is 0 Å². The van der Waals surface area contributed by atoms with Crippen LogP contribution in [0, 0.1) is 0 Å². The molecular formula is C12H19N3O3. The summed E-state index contributed by atoms with van der Waals surface area (Å²) in [5, 5.41) is 7.91. The third-order valence-corrected chi connectivity index (χ3v) is 2.71. The van der Waals surface area contributed by atoms with E-state index in [-0.39, 0.29) is 17.7 Å². The molecule has 0 aromatic rings. The molecule has 1 heterocycles. The summed E-state index contributed by atoms with van der Waals surface area (Å²) in [4.78, 5) is 33.8. The maximum atomic E-state index is 11.6. The van der Waals surface area contributed by atoms with Crippen LogP contribution in [0.1, 0.15) is 33.1 Å². The van der Waals surface area contributed by atoms with Crippen molar-refractivity contribution in [2.24, 2.45) is 0 Å². The average molecular weight is 253 g/mol. The molecular weight excluding hydrogens is 234 g/mol. The summed E-state index contributed by atoms with van der Waals surface area (Å²) in [6.07, 6.45) is 3.70. The summed E-state index contributed by atoms with van der Waals surface area (Å²) in [5.74, 6) is -0.484. The lowest BCUT2D eigenvalue weighted by Crippen LogP contribution is -2.54. The molecule has 0 unspecified atom stereocenters. The van der Waals surface area contributed by atoms with E-state index in [2.05, 4.69) is 16.0 Å². The van der Waals surface area contributed by atoms with Gasteiger partial charge in [-0.05, 0) is 26.2 Å². The minimum atomic E-state index is -0.474. The highest BCUT2D eigenvalue weighted by atomic mass is 16.2. The fourth-order valence-electron chi connectivity index (χ4n) is 1.72. The van der Waals surface area contributed by atoms with Gasteiger partial charge in [0.15, 0.2) is 0 Å². The first-order valence-corrected chi connectivity index (χ1v) is 6.07. The van der Waals surface area contributed by atoms with Gasteiger partial charge in [-0.1, -0.05) is 6.08 Å². The van der Waals surface area contributed by atoms with Crippen LogP contribution in [0.5, 0.6) is 0 Å². The number of unbranched alkanes of at least 4 members (excludes halogenated alkanes) is 1. The second-order valence-electron chi connectivity index (χ2n) is 4.20. The highest BCUT2D eigenvalue weighted by Gasteiger charge is 2.28. The second-order valence-corrected chi connectivity index (χ2v) is 4.20. The molecule has 1 fully saturated rings. The molecule has 0 aliphatic carbocycles. The maximum Gasteiger partial charge on any atom is 0.268 e. The number of amides is 3. The topological polar surface area (TPSA) is 87.3 Å². The van der Waals surface area contributed by atoms with Crippen LogP contribution in [0.4, 0.5) is 0 Å². The van der Waals surface area contributed by atoms with Gasteiger partial charge in [0.05, 0.1) is 0 Å². The number of carbonyl (C=O) groups excluding carboxylic acids is 3. The van der Waals surface area contributed by atoms with Crippen molar-refractivity contribution in [1.82, 2.24) is 16.0 Å². The van der Waals surface area contributed by atoms with Gasteiger partial charge in [-0.3, -0.25) is 14.4 Å². The van der Waals surface area contributed by atoms with Crippen molar-refractivity contribution in [2.45, 2.75) is 39.2 Å². The van der Waals surface area contributed by atoms with E-state index in [0.717, 1.165) is 12.8 Å². The van der Waals surface area contributed by atoms with Crippen molar-refractivity contribution in [3.63, 3.8) is 0 Å². The predicted octanol–water partition coefficient (Wildman–Crippen LogP) is -0.189. The molecule has 1 atom stereocenters. The predicted molar refractivity (Wildman–Crippen MR) is 66.4 cm³/mol. The van der Waals surface area contributed by atoms with Crippen LogP contribution < -0.4 is 16.0 Å². The Morgan fingerprint density at radius 2 is 2.11 bits per heavy atom. The van der Waals surface area contributed by atoms with Crippen molar-refractivity contribution in [3.8, 4) is 0 Å². The summed E-state index contributed by atoms with van der Waals surface area (Å²) in [6.45, 7) is 3.76. The summed E-state index contributed by atoms with van der Waals surface area (Å²) in [5.41, 5.74) is 0.300. The largest absolute Gasteiger partial charge is 0.356 e. The van der Waals surface area contributed by atoms with E-state index in [1.165, 1.54) is 6.92 Å². The van der Waals surface area contributed by atoms with Gasteiger partial charge < -0.3 is 16.0 Å². The molecule has 0 radical (unpaired) electrons. The third kappa shape index (κ3) is 4.20. The molecule has 1 aliphatic rings. The Morgan fingerprint density at radius 3 is 2.72 bits per heavy atom. The summed E-state index contributed by atoms with van der Waals surface area (Å²) in [7, 11) is 0. The molecule has 0 aromatic heterocycles. The Bertz CT molecular complexity index is 377. The van der Waals surface area contributed by atoms with Gasteiger partial charge in [-0.2, -0.15) is 0 Å². The molecule has 0 bridgehead atoms. The first kappa shape index (κ1) is 14.2. The van der Waals surface area contributed by atoms with Crippen LogP contribution in [0.2, 0.25) is 0 Å². The van der Waals surface area contributed by atoms with Crippen LogP contribution >= 0.6 is 0 Å². The van der Waals surface area contributed by atoms with Gasteiger partial charge in [0.2, 0.25) is 11.8 Å². The molecule has 0 spiro atoms. The number of hydrogen-bond acceptors (Lipinski definition) is 3. The molecule has 1 aliphatic heterocycles. The number of rotatable bonds is 5. The van der Waals surface area contributed by atoms with E-state index in [0.29, 0.717) is 18.7 Å². The highest BCUT2D eigenvalue weighted by Crippen LogP contribution is 2.07. The number of allylic oxidation sites excluding steroid dienone is 1. The van der Waals surface area contributed by atoms with Crippen LogP contribution in [-0.2, 0) is 14.4 Å². The lowest BCUT2D eigenvalue weighted by Gasteiger charge is -2.24. The Balaban J connectivity index is 2.29. The first-order chi connectivity index (χ1) is 8.54. The summed E-state index contributed by atoms with van der Waals surface area (Å²) >= 11 is 0. The van der Waals surface area contributed by atoms with Crippen molar-refractivity contribution in [2.75, 3.05) is 6.54 Å². The minimum absolute atomic E-state index is 0.0589.